The van der Waals surface area contributed by atoms with Crippen LogP contribution in [-0.2, 0) is 0 Å². The first-order chi connectivity index (χ1) is 7.81. The molecule has 0 saturated heterocycles. The molecule has 1 nitrogen and oxygen atoms in total. The molecular weight excluding hydrogens is 220 g/mol. The summed E-state index contributed by atoms with van der Waals surface area (Å²) in [6.45, 7) is 0. The van der Waals surface area contributed by atoms with Gasteiger partial charge in [0.2, 0.25) is 0 Å². The predicted molar refractivity (Wildman–Crippen MR) is 66.0 cm³/mol. The Morgan fingerprint density at radius 2 is 1.88 bits per heavy atom. The van der Waals surface area contributed by atoms with Crippen molar-refractivity contribution in [2.45, 2.75) is 5.38 Å². The monoisotopic (exact) mass is 231 g/mol. The van der Waals surface area contributed by atoms with Crippen LogP contribution in [0.4, 0.5) is 0 Å². The Hall–Kier alpha value is -1.47. The van der Waals surface area contributed by atoms with Crippen LogP contribution < -0.4 is 4.74 Å². The molecule has 2 aromatic rings. The number of alkyl halides is 1. The van der Waals surface area contributed by atoms with Crippen molar-refractivity contribution in [1.29, 1.82) is 0 Å². The minimum Gasteiger partial charge on any atom is -0.497 e. The van der Waals surface area contributed by atoms with E-state index in [1.165, 1.54) is 0 Å². The number of methoxy groups -OCH3 is 1. The van der Waals surface area contributed by atoms with Crippen molar-refractivity contribution in [3.05, 3.63) is 65.7 Å². The second-order valence-corrected chi connectivity index (χ2v) is 3.91. The van der Waals surface area contributed by atoms with Crippen LogP contribution in [0.5, 0.6) is 5.75 Å². The van der Waals surface area contributed by atoms with Crippen molar-refractivity contribution < 1.29 is 4.74 Å². The van der Waals surface area contributed by atoms with E-state index in [1.54, 1.807) is 7.11 Å². The molecule has 0 aromatic heterocycles. The van der Waals surface area contributed by atoms with Gasteiger partial charge in [0, 0.05) is 0 Å². The van der Waals surface area contributed by atoms with E-state index in [1.807, 2.05) is 48.5 Å². The Labute approximate surface area is 101 Å². The summed E-state index contributed by atoms with van der Waals surface area (Å²) in [6.07, 6.45) is 0. The lowest BCUT2D eigenvalue weighted by Gasteiger charge is -2.11. The summed E-state index contributed by atoms with van der Waals surface area (Å²) in [5, 5.41) is -0.148. The molecule has 0 fully saturated rings. The molecule has 1 atom stereocenters. The van der Waals surface area contributed by atoms with Crippen molar-refractivity contribution in [3.63, 3.8) is 0 Å². The molecule has 0 amide bonds. The average molecular weight is 232 g/mol. The zero-order valence-electron chi connectivity index (χ0n) is 8.98. The van der Waals surface area contributed by atoms with E-state index in [4.69, 9.17) is 16.3 Å². The quantitative estimate of drug-likeness (QED) is 0.730. The molecule has 81 valence electrons. The maximum absolute atomic E-state index is 6.39. The van der Waals surface area contributed by atoms with Gasteiger partial charge in [0.15, 0.2) is 0 Å². The van der Waals surface area contributed by atoms with Crippen LogP contribution in [0, 0.1) is 6.07 Å². The van der Waals surface area contributed by atoms with Crippen molar-refractivity contribution >= 4 is 11.6 Å². The SMILES string of the molecule is COc1cccc(C(Cl)c2cc[c]cc2)c1. The lowest BCUT2D eigenvalue weighted by Crippen LogP contribution is -1.93. The standard InChI is InChI=1S/C14H12ClO/c1-16-13-9-5-8-12(10-13)14(15)11-6-3-2-4-7-11/h3-10,14H,1H3. The van der Waals surface area contributed by atoms with E-state index < -0.39 is 0 Å². The van der Waals surface area contributed by atoms with E-state index >= 15 is 0 Å². The third kappa shape index (κ3) is 2.37. The molecule has 0 aliphatic heterocycles. The van der Waals surface area contributed by atoms with Gasteiger partial charge in [-0.3, -0.25) is 0 Å². The van der Waals surface area contributed by atoms with Gasteiger partial charge in [-0.05, 0) is 29.3 Å². The Kier molecular flexibility index (Phi) is 3.47. The maximum atomic E-state index is 6.39. The van der Waals surface area contributed by atoms with Crippen LogP contribution in [0.15, 0.2) is 48.5 Å². The Bertz CT molecular complexity index is 453. The molecule has 0 saturated carbocycles. The second-order valence-electron chi connectivity index (χ2n) is 3.47. The van der Waals surface area contributed by atoms with Gasteiger partial charge in [-0.15, -0.1) is 11.6 Å². The van der Waals surface area contributed by atoms with Gasteiger partial charge in [0.05, 0.1) is 12.5 Å². The molecule has 0 heterocycles. The number of benzene rings is 2. The van der Waals surface area contributed by atoms with Gasteiger partial charge in [-0.2, -0.15) is 0 Å². The summed E-state index contributed by atoms with van der Waals surface area (Å²) >= 11 is 6.39. The summed E-state index contributed by atoms with van der Waals surface area (Å²) < 4.78 is 5.18. The molecule has 2 rings (SSSR count). The normalized spacial score (nSPS) is 12.1. The summed E-state index contributed by atoms with van der Waals surface area (Å²) in [5.41, 5.74) is 2.10. The summed E-state index contributed by atoms with van der Waals surface area (Å²) in [7, 11) is 1.65. The highest BCUT2D eigenvalue weighted by Crippen LogP contribution is 2.30. The van der Waals surface area contributed by atoms with Crippen LogP contribution >= 0.6 is 11.6 Å². The molecule has 0 aliphatic carbocycles. The van der Waals surface area contributed by atoms with Gasteiger partial charge in [0.25, 0.3) is 0 Å². The number of hydrogen-bond donors (Lipinski definition) is 0. The molecule has 1 radical (unpaired) electrons. The van der Waals surface area contributed by atoms with Gasteiger partial charge in [-0.25, -0.2) is 0 Å². The summed E-state index contributed by atoms with van der Waals surface area (Å²) in [6, 6.07) is 18.5. The van der Waals surface area contributed by atoms with E-state index in [0.29, 0.717) is 0 Å². The summed E-state index contributed by atoms with van der Waals surface area (Å²) in [5.74, 6) is 0.825. The molecule has 0 bridgehead atoms. The summed E-state index contributed by atoms with van der Waals surface area (Å²) in [4.78, 5) is 0. The first kappa shape index (κ1) is 11.0. The van der Waals surface area contributed by atoms with Crippen molar-refractivity contribution in [2.75, 3.05) is 7.11 Å². The largest absolute Gasteiger partial charge is 0.497 e. The van der Waals surface area contributed by atoms with Gasteiger partial charge in [0.1, 0.15) is 5.75 Å². The average Bonchev–Trinajstić information content (AvgIpc) is 2.39. The molecule has 0 spiro atoms. The van der Waals surface area contributed by atoms with Gasteiger partial charge < -0.3 is 4.74 Å². The lowest BCUT2D eigenvalue weighted by atomic mass is 10.0. The topological polar surface area (TPSA) is 9.23 Å². The van der Waals surface area contributed by atoms with Crippen LogP contribution in [0.1, 0.15) is 16.5 Å². The molecule has 0 N–H and O–H groups in total. The fraction of sp³-hybridized carbons (Fsp3) is 0.143. The fourth-order valence-corrected chi connectivity index (χ4v) is 1.84. The molecule has 2 heteroatoms. The van der Waals surface area contributed by atoms with Crippen LogP contribution in [0.2, 0.25) is 0 Å². The van der Waals surface area contributed by atoms with Crippen LogP contribution in [0.25, 0.3) is 0 Å². The Morgan fingerprint density at radius 1 is 1.12 bits per heavy atom. The maximum Gasteiger partial charge on any atom is 0.119 e. The van der Waals surface area contributed by atoms with Crippen molar-refractivity contribution in [1.82, 2.24) is 0 Å². The van der Waals surface area contributed by atoms with E-state index in [2.05, 4.69) is 6.07 Å². The zero-order chi connectivity index (χ0) is 11.4. The minimum atomic E-state index is -0.148. The van der Waals surface area contributed by atoms with Crippen LogP contribution in [0.3, 0.4) is 0 Å². The number of hydrogen-bond acceptors (Lipinski definition) is 1. The highest BCUT2D eigenvalue weighted by molar-refractivity contribution is 6.22. The van der Waals surface area contributed by atoms with Crippen molar-refractivity contribution in [3.8, 4) is 5.75 Å². The third-order valence-corrected chi connectivity index (χ3v) is 2.93. The number of rotatable bonds is 3. The first-order valence-corrected chi connectivity index (χ1v) is 5.49. The number of ether oxygens (including phenoxy) is 1. The minimum absolute atomic E-state index is 0.148. The molecule has 16 heavy (non-hydrogen) atoms. The Morgan fingerprint density at radius 3 is 2.56 bits per heavy atom. The van der Waals surface area contributed by atoms with E-state index in [0.717, 1.165) is 16.9 Å². The van der Waals surface area contributed by atoms with Gasteiger partial charge in [-0.1, -0.05) is 36.4 Å². The molecule has 1 unspecified atom stereocenters. The Balaban J connectivity index is 2.30. The second kappa shape index (κ2) is 5.04. The molecule has 0 aliphatic rings. The fourth-order valence-electron chi connectivity index (χ4n) is 1.56. The smallest absolute Gasteiger partial charge is 0.119 e. The predicted octanol–water partition coefficient (Wildman–Crippen LogP) is 3.82. The number of halogens is 1. The van der Waals surface area contributed by atoms with Crippen molar-refractivity contribution in [2.24, 2.45) is 0 Å². The van der Waals surface area contributed by atoms with Crippen LogP contribution in [-0.4, -0.2) is 7.11 Å². The zero-order valence-corrected chi connectivity index (χ0v) is 9.74. The molecule has 2 aromatic carbocycles. The lowest BCUT2D eigenvalue weighted by molar-refractivity contribution is 0.414. The third-order valence-electron chi connectivity index (χ3n) is 2.42. The molecular formula is C14H12ClO. The van der Waals surface area contributed by atoms with E-state index in [9.17, 15) is 0 Å². The van der Waals surface area contributed by atoms with Gasteiger partial charge >= 0.3 is 0 Å². The highest BCUT2D eigenvalue weighted by atomic mass is 35.5. The highest BCUT2D eigenvalue weighted by Gasteiger charge is 2.10. The van der Waals surface area contributed by atoms with E-state index in [-0.39, 0.29) is 5.38 Å². The first-order valence-electron chi connectivity index (χ1n) is 5.05.